The number of nitrogens with one attached hydrogen (secondary N) is 1. The number of benzene rings is 1. The molecule has 0 aliphatic carbocycles. The molecular formula is C17H17N3O3S. The van der Waals surface area contributed by atoms with Gasteiger partial charge in [-0.1, -0.05) is 12.1 Å². The van der Waals surface area contributed by atoms with Gasteiger partial charge < -0.3 is 9.15 Å². The van der Waals surface area contributed by atoms with Crippen LogP contribution in [0.3, 0.4) is 0 Å². The molecule has 3 aromatic rings. The lowest BCUT2D eigenvalue weighted by molar-refractivity contribution is 0.0838. The van der Waals surface area contributed by atoms with E-state index in [0.29, 0.717) is 16.6 Å². The van der Waals surface area contributed by atoms with Crippen molar-refractivity contribution < 1.29 is 13.9 Å². The van der Waals surface area contributed by atoms with Crippen molar-refractivity contribution in [1.29, 1.82) is 0 Å². The van der Waals surface area contributed by atoms with E-state index in [1.807, 2.05) is 25.1 Å². The molecule has 1 aliphatic heterocycles. The number of hydrogen-bond donors (Lipinski definition) is 1. The maximum absolute atomic E-state index is 12.4. The Hall–Kier alpha value is -2.25. The lowest BCUT2D eigenvalue weighted by Crippen LogP contribution is -2.15. The molecule has 1 aromatic carbocycles. The molecule has 7 heteroatoms. The first kappa shape index (κ1) is 15.3. The molecule has 3 heterocycles. The molecule has 0 radical (unpaired) electrons. The van der Waals surface area contributed by atoms with Gasteiger partial charge in [-0.05, 0) is 37.5 Å². The summed E-state index contributed by atoms with van der Waals surface area (Å²) in [6.45, 7) is 3.47. The van der Waals surface area contributed by atoms with Gasteiger partial charge in [0.2, 0.25) is 5.13 Å². The number of fused-ring (bicyclic) bond motifs is 1. The number of carbonyl (C=O) groups is 1. The largest absolute Gasteiger partial charge is 0.451 e. The number of hydrogen-bond acceptors (Lipinski definition) is 6. The Bertz CT molecular complexity index is 880. The average molecular weight is 343 g/mol. The Balaban J connectivity index is 1.51. The number of aryl methyl sites for hydroxylation is 1. The van der Waals surface area contributed by atoms with Gasteiger partial charge in [0.15, 0.2) is 5.76 Å². The number of rotatable bonds is 3. The maximum Gasteiger partial charge on any atom is 0.293 e. The summed E-state index contributed by atoms with van der Waals surface area (Å²) < 4.78 is 15.4. The Morgan fingerprint density at radius 1 is 1.33 bits per heavy atom. The van der Waals surface area contributed by atoms with Crippen LogP contribution in [0.1, 0.15) is 40.7 Å². The number of amides is 1. The molecule has 24 heavy (non-hydrogen) atoms. The van der Waals surface area contributed by atoms with E-state index in [0.717, 1.165) is 42.8 Å². The van der Waals surface area contributed by atoms with E-state index in [9.17, 15) is 4.79 Å². The summed E-state index contributed by atoms with van der Waals surface area (Å²) in [5.41, 5.74) is 1.79. The third-order valence-electron chi connectivity index (χ3n) is 4.25. The van der Waals surface area contributed by atoms with Crippen molar-refractivity contribution in [3.63, 3.8) is 0 Å². The first-order valence-electron chi connectivity index (χ1n) is 7.92. The molecule has 0 atom stereocenters. The zero-order valence-corrected chi connectivity index (χ0v) is 14.1. The smallest absolute Gasteiger partial charge is 0.293 e. The summed E-state index contributed by atoms with van der Waals surface area (Å²) in [6.07, 6.45) is 1.85. The fourth-order valence-electron chi connectivity index (χ4n) is 2.88. The molecule has 2 aromatic heterocycles. The molecule has 0 unspecified atom stereocenters. The predicted octanol–water partition coefficient (Wildman–Crippen LogP) is 3.74. The highest BCUT2D eigenvalue weighted by Crippen LogP contribution is 2.28. The van der Waals surface area contributed by atoms with Gasteiger partial charge in [0.1, 0.15) is 11.4 Å². The number of anilines is 1. The van der Waals surface area contributed by atoms with Crippen molar-refractivity contribution >= 4 is 33.5 Å². The van der Waals surface area contributed by atoms with Crippen molar-refractivity contribution in [1.82, 2.24) is 9.36 Å². The summed E-state index contributed by atoms with van der Waals surface area (Å²) in [5.74, 6) is 1.08. The van der Waals surface area contributed by atoms with E-state index in [4.69, 9.17) is 9.15 Å². The predicted molar refractivity (Wildman–Crippen MR) is 91.6 cm³/mol. The van der Waals surface area contributed by atoms with Crippen LogP contribution < -0.4 is 5.32 Å². The van der Waals surface area contributed by atoms with Crippen molar-refractivity contribution in [2.24, 2.45) is 0 Å². The Morgan fingerprint density at radius 3 is 2.96 bits per heavy atom. The highest BCUT2D eigenvalue weighted by atomic mass is 32.1. The van der Waals surface area contributed by atoms with Crippen molar-refractivity contribution in [2.45, 2.75) is 25.7 Å². The number of ether oxygens (including phenoxy) is 1. The molecule has 0 saturated carbocycles. The zero-order chi connectivity index (χ0) is 16.5. The summed E-state index contributed by atoms with van der Waals surface area (Å²) in [7, 11) is 0. The lowest BCUT2D eigenvalue weighted by Gasteiger charge is -2.18. The normalized spacial score (nSPS) is 15.7. The zero-order valence-electron chi connectivity index (χ0n) is 13.2. The van der Waals surface area contributed by atoms with Crippen molar-refractivity contribution in [3.05, 3.63) is 41.4 Å². The molecule has 1 aliphatic rings. The van der Waals surface area contributed by atoms with Crippen LogP contribution in [-0.2, 0) is 4.74 Å². The maximum atomic E-state index is 12.4. The van der Waals surface area contributed by atoms with Crippen molar-refractivity contribution in [3.8, 4) is 0 Å². The molecular weight excluding hydrogens is 326 g/mol. The van der Waals surface area contributed by atoms with E-state index in [2.05, 4.69) is 14.7 Å². The number of carbonyl (C=O) groups excluding carboxylic acids is 1. The molecule has 1 saturated heterocycles. The molecule has 124 valence electrons. The molecule has 6 nitrogen and oxygen atoms in total. The van der Waals surface area contributed by atoms with Crippen LogP contribution in [0.5, 0.6) is 0 Å². The average Bonchev–Trinajstić information content (AvgIpc) is 3.23. The third-order valence-corrected chi connectivity index (χ3v) is 4.90. The Morgan fingerprint density at radius 2 is 2.17 bits per heavy atom. The number of nitrogens with zero attached hydrogens (tertiary/aromatic N) is 2. The minimum absolute atomic E-state index is 0.280. The monoisotopic (exact) mass is 343 g/mol. The van der Waals surface area contributed by atoms with Crippen LogP contribution in [0.2, 0.25) is 0 Å². The van der Waals surface area contributed by atoms with Crippen LogP contribution in [0.25, 0.3) is 11.0 Å². The SMILES string of the molecule is Cc1cccc2oc(C(=O)Nc3nc(C4CCOCC4)ns3)cc12. The van der Waals surface area contributed by atoms with E-state index >= 15 is 0 Å². The molecule has 4 rings (SSSR count). The second-order valence-electron chi connectivity index (χ2n) is 5.90. The van der Waals surface area contributed by atoms with Gasteiger partial charge in [-0.2, -0.15) is 4.37 Å². The standard InChI is InChI=1S/C17H17N3O3S/c1-10-3-2-4-13-12(10)9-14(23-13)16(21)19-17-18-15(20-24-17)11-5-7-22-8-6-11/h2-4,9,11H,5-8H2,1H3,(H,18,19,20,21). The van der Waals surface area contributed by atoms with Crippen LogP contribution in [-0.4, -0.2) is 28.5 Å². The summed E-state index contributed by atoms with van der Waals surface area (Å²) >= 11 is 1.20. The lowest BCUT2D eigenvalue weighted by atomic mass is 10.00. The van der Waals surface area contributed by atoms with Crippen molar-refractivity contribution in [2.75, 3.05) is 18.5 Å². The summed E-state index contributed by atoms with van der Waals surface area (Å²) in [5, 5.41) is 4.22. The fraction of sp³-hybridized carbons (Fsp3) is 0.353. The van der Waals surface area contributed by atoms with Gasteiger partial charge >= 0.3 is 0 Å². The molecule has 0 bridgehead atoms. The Labute approximate surface area is 143 Å². The van der Waals surface area contributed by atoms with Gasteiger partial charge in [-0.15, -0.1) is 0 Å². The highest BCUT2D eigenvalue weighted by Gasteiger charge is 2.21. The van der Waals surface area contributed by atoms with Crippen LogP contribution in [0.4, 0.5) is 5.13 Å². The topological polar surface area (TPSA) is 77.2 Å². The van der Waals surface area contributed by atoms with Gasteiger partial charge in [-0.3, -0.25) is 10.1 Å². The highest BCUT2D eigenvalue weighted by molar-refractivity contribution is 7.09. The van der Waals surface area contributed by atoms with E-state index in [1.165, 1.54) is 11.5 Å². The van der Waals surface area contributed by atoms with Gasteiger partial charge in [0.05, 0.1) is 0 Å². The van der Waals surface area contributed by atoms with Crippen LogP contribution >= 0.6 is 11.5 Å². The summed E-state index contributed by atoms with van der Waals surface area (Å²) in [6, 6.07) is 7.52. The second kappa shape index (κ2) is 6.33. The minimum Gasteiger partial charge on any atom is -0.451 e. The van der Waals surface area contributed by atoms with E-state index in [-0.39, 0.29) is 11.7 Å². The van der Waals surface area contributed by atoms with E-state index in [1.54, 1.807) is 6.07 Å². The molecule has 1 N–H and O–H groups in total. The minimum atomic E-state index is -0.305. The fourth-order valence-corrected chi connectivity index (χ4v) is 3.53. The van der Waals surface area contributed by atoms with Gasteiger partial charge in [0.25, 0.3) is 5.91 Å². The molecule has 1 fully saturated rings. The first-order valence-corrected chi connectivity index (χ1v) is 8.70. The van der Waals surface area contributed by atoms with E-state index < -0.39 is 0 Å². The Kier molecular flexibility index (Phi) is 4.03. The second-order valence-corrected chi connectivity index (χ2v) is 6.65. The number of aromatic nitrogens is 2. The third kappa shape index (κ3) is 2.92. The van der Waals surface area contributed by atoms with Gasteiger partial charge in [-0.25, -0.2) is 4.98 Å². The molecule has 0 spiro atoms. The quantitative estimate of drug-likeness (QED) is 0.784. The van der Waals surface area contributed by atoms with Gasteiger partial charge in [0, 0.05) is 36.1 Å². The van der Waals surface area contributed by atoms with Crippen LogP contribution in [0, 0.1) is 6.92 Å². The molecule has 1 amide bonds. The number of furan rings is 1. The summed E-state index contributed by atoms with van der Waals surface area (Å²) in [4.78, 5) is 16.8. The first-order chi connectivity index (χ1) is 11.7. The van der Waals surface area contributed by atoms with Crippen LogP contribution in [0.15, 0.2) is 28.7 Å².